The van der Waals surface area contributed by atoms with Gasteiger partial charge in [0.2, 0.25) is 0 Å². The Balaban J connectivity index is 1.93. The predicted molar refractivity (Wildman–Crippen MR) is 177 cm³/mol. The van der Waals surface area contributed by atoms with Crippen molar-refractivity contribution < 1.29 is 37.8 Å². The molecule has 242 valence electrons. The number of hydrogen-bond donors (Lipinski definition) is 0. The van der Waals surface area contributed by atoms with E-state index in [0.717, 1.165) is 27.8 Å². The molecule has 0 aliphatic heterocycles. The Labute approximate surface area is 274 Å². The summed E-state index contributed by atoms with van der Waals surface area (Å²) in [4.78, 5) is 51.9. The molecule has 4 aromatic rings. The molecule has 8 heteroatoms. The van der Waals surface area contributed by atoms with Crippen LogP contribution in [0.1, 0.15) is 77.6 Å². The van der Waals surface area contributed by atoms with Crippen molar-refractivity contribution in [2.24, 2.45) is 5.41 Å². The van der Waals surface area contributed by atoms with E-state index in [1.807, 2.05) is 72.8 Å². The summed E-state index contributed by atoms with van der Waals surface area (Å²) in [5.41, 5.74) is 3.99. The Kier molecular flexibility index (Phi) is 10.0. The summed E-state index contributed by atoms with van der Waals surface area (Å²) in [5, 5.41) is 0. The van der Waals surface area contributed by atoms with Gasteiger partial charge in [-0.2, -0.15) is 0 Å². The maximum absolute atomic E-state index is 13.7. The third-order valence-electron chi connectivity index (χ3n) is 8.78. The maximum Gasteiger partial charge on any atom is 0.324 e. The number of benzene rings is 3. The van der Waals surface area contributed by atoms with Crippen molar-refractivity contribution in [2.75, 3.05) is 21.3 Å². The smallest absolute Gasteiger partial charge is 0.324 e. The molecule has 0 fully saturated rings. The number of carbonyl (C=O) groups is 4. The van der Waals surface area contributed by atoms with Crippen LogP contribution < -0.4 is 0 Å². The summed E-state index contributed by atoms with van der Waals surface area (Å²) >= 11 is 0. The number of ketones is 2. The zero-order valence-corrected chi connectivity index (χ0v) is 27.3. The third-order valence-corrected chi connectivity index (χ3v) is 8.78. The Morgan fingerprint density at radius 3 is 1.85 bits per heavy atom. The second-order valence-electron chi connectivity index (χ2n) is 11.7. The van der Waals surface area contributed by atoms with Crippen LogP contribution in [0.2, 0.25) is 0 Å². The van der Waals surface area contributed by atoms with Gasteiger partial charge in [-0.25, -0.2) is 0 Å². The number of carbonyl (C=O) groups excluding carboxylic acids is 4. The summed E-state index contributed by atoms with van der Waals surface area (Å²) < 4.78 is 23.4. The van der Waals surface area contributed by atoms with Crippen LogP contribution in [0.15, 0.2) is 89.3 Å². The molecule has 0 radical (unpaired) electrons. The van der Waals surface area contributed by atoms with E-state index in [0.29, 0.717) is 34.6 Å². The second kappa shape index (κ2) is 14.1. The van der Waals surface area contributed by atoms with Gasteiger partial charge in [-0.05, 0) is 42.5 Å². The molecule has 1 atom stereocenters. The van der Waals surface area contributed by atoms with Crippen LogP contribution in [0.3, 0.4) is 0 Å². The number of Topliss-reactive ketones (excluding diaryl/α,β-unsaturated/α-hetero) is 2. The van der Waals surface area contributed by atoms with Gasteiger partial charge >= 0.3 is 11.9 Å². The molecule has 1 aromatic heterocycles. The molecule has 5 rings (SSSR count). The largest absolute Gasteiger partial charge is 0.468 e. The first kappa shape index (κ1) is 33.3. The lowest BCUT2D eigenvalue weighted by Gasteiger charge is -2.34. The van der Waals surface area contributed by atoms with Crippen molar-refractivity contribution in [1.29, 1.82) is 0 Å². The maximum atomic E-state index is 13.7. The van der Waals surface area contributed by atoms with E-state index in [9.17, 15) is 19.2 Å². The monoisotopic (exact) mass is 634 g/mol. The van der Waals surface area contributed by atoms with Gasteiger partial charge in [0, 0.05) is 48.6 Å². The van der Waals surface area contributed by atoms with Gasteiger partial charge in [-0.15, -0.1) is 0 Å². The molecule has 0 saturated carbocycles. The average molecular weight is 635 g/mol. The number of esters is 2. The topological polar surface area (TPSA) is 109 Å². The highest BCUT2D eigenvalue weighted by Crippen LogP contribution is 2.53. The van der Waals surface area contributed by atoms with Crippen LogP contribution in [-0.4, -0.2) is 44.8 Å². The molecule has 0 saturated heterocycles. The summed E-state index contributed by atoms with van der Waals surface area (Å²) in [6.07, 6.45) is -0.272. The molecule has 0 amide bonds. The first-order valence-corrected chi connectivity index (χ1v) is 15.4. The van der Waals surface area contributed by atoms with Crippen LogP contribution in [0.5, 0.6) is 0 Å². The normalized spacial score (nSPS) is 15.3. The zero-order chi connectivity index (χ0) is 33.7. The van der Waals surface area contributed by atoms with E-state index in [2.05, 4.69) is 0 Å². The van der Waals surface area contributed by atoms with Crippen LogP contribution in [0.25, 0.3) is 22.5 Å². The highest BCUT2D eigenvalue weighted by Gasteiger charge is 2.54. The lowest BCUT2D eigenvalue weighted by molar-refractivity contribution is -0.169. The second-order valence-corrected chi connectivity index (χ2v) is 11.7. The molecule has 8 nitrogen and oxygen atoms in total. The fourth-order valence-electron chi connectivity index (χ4n) is 6.47. The van der Waals surface area contributed by atoms with Gasteiger partial charge in [0.15, 0.2) is 11.2 Å². The highest BCUT2D eigenvalue weighted by atomic mass is 16.5. The lowest BCUT2D eigenvalue weighted by atomic mass is 9.68. The average Bonchev–Trinajstić information content (AvgIpc) is 3.47. The van der Waals surface area contributed by atoms with Crippen molar-refractivity contribution in [2.45, 2.75) is 45.6 Å². The molecular formula is C39H38O8. The summed E-state index contributed by atoms with van der Waals surface area (Å²) in [7, 11) is 4.10. The van der Waals surface area contributed by atoms with Crippen LogP contribution >= 0.6 is 0 Å². The lowest BCUT2D eigenvalue weighted by Crippen LogP contribution is -2.45. The van der Waals surface area contributed by atoms with E-state index >= 15 is 0 Å². The Morgan fingerprint density at radius 1 is 0.745 bits per heavy atom. The number of hydrogen-bond acceptors (Lipinski definition) is 8. The first-order valence-electron chi connectivity index (χ1n) is 15.4. The van der Waals surface area contributed by atoms with Gasteiger partial charge in [0.05, 0.1) is 14.2 Å². The van der Waals surface area contributed by atoms with Gasteiger partial charge < -0.3 is 23.4 Å². The minimum atomic E-state index is -1.76. The molecule has 0 bridgehead atoms. The summed E-state index contributed by atoms with van der Waals surface area (Å²) in [6.45, 7) is 3.02. The van der Waals surface area contributed by atoms with Crippen molar-refractivity contribution in [3.63, 3.8) is 0 Å². The molecule has 47 heavy (non-hydrogen) atoms. The van der Waals surface area contributed by atoms with Crippen molar-refractivity contribution >= 4 is 34.7 Å². The third kappa shape index (κ3) is 6.46. The fourth-order valence-corrected chi connectivity index (χ4v) is 6.47. The Morgan fingerprint density at radius 2 is 1.32 bits per heavy atom. The molecule has 0 N–H and O–H groups in total. The fraction of sp³-hybridized carbons (Fsp3) is 0.282. The molecule has 1 aliphatic rings. The number of ether oxygens (including phenoxy) is 3. The van der Waals surface area contributed by atoms with Gasteiger partial charge in [-0.3, -0.25) is 14.4 Å². The molecule has 3 aromatic carbocycles. The minimum Gasteiger partial charge on any atom is -0.468 e. The number of methoxy groups -OCH3 is 3. The summed E-state index contributed by atoms with van der Waals surface area (Å²) in [5.74, 6) is -0.683. The number of fused-ring (bicyclic) bond motifs is 1. The first-order chi connectivity index (χ1) is 22.6. The van der Waals surface area contributed by atoms with Crippen molar-refractivity contribution in [3.05, 3.63) is 119 Å². The Bertz CT molecular complexity index is 1800. The van der Waals surface area contributed by atoms with Gasteiger partial charge in [-0.1, -0.05) is 84.9 Å². The highest BCUT2D eigenvalue weighted by molar-refractivity contribution is 6.07. The molecule has 1 heterocycles. The predicted octanol–water partition coefficient (Wildman–Crippen LogP) is 7.44. The van der Waals surface area contributed by atoms with Gasteiger partial charge in [0.1, 0.15) is 23.4 Å². The van der Waals surface area contributed by atoms with Crippen LogP contribution in [0.4, 0.5) is 0 Å². The van der Waals surface area contributed by atoms with E-state index in [-0.39, 0.29) is 30.8 Å². The van der Waals surface area contributed by atoms with Crippen molar-refractivity contribution in [3.8, 4) is 11.3 Å². The summed E-state index contributed by atoms with van der Waals surface area (Å²) in [6, 6.07) is 26.4. The van der Waals surface area contributed by atoms with E-state index in [1.54, 1.807) is 19.2 Å². The van der Waals surface area contributed by atoms with Crippen molar-refractivity contribution in [1.82, 2.24) is 0 Å². The Hall–Kier alpha value is -5.08. The number of furan rings is 1. The van der Waals surface area contributed by atoms with Crippen LogP contribution in [-0.2, 0) is 35.0 Å². The van der Waals surface area contributed by atoms with E-state index in [1.165, 1.54) is 28.1 Å². The van der Waals surface area contributed by atoms with E-state index < -0.39 is 23.5 Å². The van der Waals surface area contributed by atoms with Gasteiger partial charge in [0.25, 0.3) is 0 Å². The van der Waals surface area contributed by atoms with Crippen LogP contribution in [0, 0.1) is 5.41 Å². The number of allylic oxidation sites excluding steroid dienone is 2. The molecule has 0 unspecified atom stereocenters. The number of rotatable bonds is 11. The minimum absolute atomic E-state index is 0.0249. The molecule has 0 spiro atoms. The molecule has 1 aliphatic carbocycles. The zero-order valence-electron chi connectivity index (χ0n) is 27.3. The SMILES string of the molecule is COC(=O)C1(C(=O)OC)C/C(=C(/CCC(C)=O)c2ccc(C(C)=O)cc2)c2c(oc(-c3ccccc3)c2[C@H](OC)c2ccccc2)C1. The molecular weight excluding hydrogens is 596 g/mol. The van der Waals surface area contributed by atoms with E-state index in [4.69, 9.17) is 18.6 Å². The quantitative estimate of drug-likeness (QED) is 0.0951. The standard InChI is InChI=1S/C39H38O8/c1-24(40)16-21-30(27-19-17-26(18-20-27)25(2)41)31-22-39(37(42)45-4,38(43)46-5)23-32-33(31)34(35(44-3)28-12-8-6-9-13-28)36(47-32)29-14-10-7-11-15-29/h6-15,17-20,35H,16,21-23H2,1-5H3/b31-30+/t35-/m1/s1.